The fraction of sp³-hybridized carbons (Fsp3) is 0.385. The number of methoxy groups -OCH3 is 1. The van der Waals surface area contributed by atoms with Crippen molar-refractivity contribution in [2.45, 2.75) is 46.5 Å². The van der Waals surface area contributed by atoms with Crippen LogP contribution in [0.3, 0.4) is 0 Å². The third-order valence-corrected chi connectivity index (χ3v) is 6.27. The molecule has 0 bridgehead atoms. The van der Waals surface area contributed by atoms with Crippen LogP contribution in [0.5, 0.6) is 17.2 Å². The lowest BCUT2D eigenvalue weighted by atomic mass is 10.1. The zero-order valence-electron chi connectivity index (χ0n) is 20.3. The second-order valence-electron chi connectivity index (χ2n) is 8.00. The average molecular weight is 568 g/mol. The largest absolute Gasteiger partial charge is 0.543 e. The zero-order chi connectivity index (χ0) is 26.0. The van der Waals surface area contributed by atoms with Crippen LogP contribution in [0.1, 0.15) is 49.3 Å². The Balaban J connectivity index is 2.11. The molecule has 7 nitrogen and oxygen atoms in total. The summed E-state index contributed by atoms with van der Waals surface area (Å²) in [4.78, 5) is 24.0. The SMILES string of the molecule is CCCCCCOc1c(Br)cc(/C=C(/NC(=O)COc2cc(C)c(Cl)c(C)c2)C(=O)[O-])cc1OC. The number of rotatable bonds is 13. The summed E-state index contributed by atoms with van der Waals surface area (Å²) >= 11 is 9.60. The Morgan fingerprint density at radius 1 is 1.09 bits per heavy atom. The number of ether oxygens (including phenoxy) is 3. The van der Waals surface area contributed by atoms with E-state index in [9.17, 15) is 14.7 Å². The summed E-state index contributed by atoms with van der Waals surface area (Å²) in [5.41, 5.74) is 1.68. The van der Waals surface area contributed by atoms with Crippen LogP contribution < -0.4 is 24.6 Å². The van der Waals surface area contributed by atoms with Crippen molar-refractivity contribution < 1.29 is 28.9 Å². The third kappa shape index (κ3) is 8.78. The van der Waals surface area contributed by atoms with Gasteiger partial charge < -0.3 is 29.4 Å². The zero-order valence-corrected chi connectivity index (χ0v) is 22.7. The number of benzene rings is 2. The number of halogens is 2. The van der Waals surface area contributed by atoms with Crippen molar-refractivity contribution in [2.75, 3.05) is 20.3 Å². The molecule has 2 aromatic rings. The molecule has 35 heavy (non-hydrogen) atoms. The first kappa shape index (κ1) is 28.5. The molecule has 2 rings (SSSR count). The van der Waals surface area contributed by atoms with E-state index < -0.39 is 17.6 Å². The van der Waals surface area contributed by atoms with Gasteiger partial charge in [0.1, 0.15) is 5.75 Å². The molecule has 1 N–H and O–H groups in total. The Morgan fingerprint density at radius 3 is 2.37 bits per heavy atom. The van der Waals surface area contributed by atoms with E-state index in [2.05, 4.69) is 28.2 Å². The van der Waals surface area contributed by atoms with Crippen molar-refractivity contribution in [3.63, 3.8) is 0 Å². The summed E-state index contributed by atoms with van der Waals surface area (Å²) in [6.45, 7) is 5.95. The molecule has 0 atom stereocenters. The number of aryl methyl sites for hydroxylation is 2. The molecular formula is C26H30BrClNO6-. The highest BCUT2D eigenvalue weighted by atomic mass is 79.9. The highest BCUT2D eigenvalue weighted by Gasteiger charge is 2.13. The lowest BCUT2D eigenvalue weighted by molar-refractivity contribution is -0.299. The number of carboxylic acid groups (broad SMARTS) is 1. The van der Waals surface area contributed by atoms with Crippen LogP contribution in [-0.4, -0.2) is 32.2 Å². The van der Waals surface area contributed by atoms with E-state index in [4.69, 9.17) is 25.8 Å². The van der Waals surface area contributed by atoms with Gasteiger partial charge in [0, 0.05) is 5.02 Å². The highest BCUT2D eigenvalue weighted by molar-refractivity contribution is 9.10. The summed E-state index contributed by atoms with van der Waals surface area (Å²) in [6.07, 6.45) is 5.56. The van der Waals surface area contributed by atoms with Gasteiger partial charge in [-0.1, -0.05) is 37.8 Å². The Morgan fingerprint density at radius 2 is 1.77 bits per heavy atom. The van der Waals surface area contributed by atoms with Gasteiger partial charge >= 0.3 is 0 Å². The Kier molecular flexibility index (Phi) is 11.4. The van der Waals surface area contributed by atoms with Crippen molar-refractivity contribution in [1.82, 2.24) is 5.32 Å². The molecular weight excluding hydrogens is 538 g/mol. The summed E-state index contributed by atoms with van der Waals surface area (Å²) < 4.78 is 17.4. The standard InChI is InChI=1S/C26H31BrClNO6/c1-5-6-7-8-9-34-25-20(27)12-18(14-22(25)33-4)13-21(26(31)32)29-23(30)15-35-19-10-16(2)24(28)17(3)11-19/h10-14H,5-9,15H2,1-4H3,(H,29,30)(H,31,32)/p-1/b21-13+. The predicted octanol–water partition coefficient (Wildman–Crippen LogP) is 4.97. The average Bonchev–Trinajstić information content (AvgIpc) is 2.81. The number of carbonyl (C=O) groups excluding carboxylic acids is 2. The number of carboxylic acids is 1. The number of hydrogen-bond donors (Lipinski definition) is 1. The Bertz CT molecular complexity index is 1060. The van der Waals surface area contributed by atoms with E-state index in [1.165, 1.54) is 13.2 Å². The van der Waals surface area contributed by atoms with Crippen LogP contribution in [0, 0.1) is 13.8 Å². The quantitative estimate of drug-likeness (QED) is 0.271. The van der Waals surface area contributed by atoms with Crippen LogP contribution in [0.15, 0.2) is 34.4 Å². The van der Waals surface area contributed by atoms with Crippen LogP contribution >= 0.6 is 27.5 Å². The molecule has 0 fully saturated rings. The molecule has 0 aliphatic rings. The maximum absolute atomic E-state index is 12.3. The minimum Gasteiger partial charge on any atom is -0.543 e. The third-order valence-electron chi connectivity index (χ3n) is 5.08. The second-order valence-corrected chi connectivity index (χ2v) is 9.23. The molecule has 0 saturated heterocycles. The molecule has 190 valence electrons. The Hall–Kier alpha value is -2.71. The Labute approximate surface area is 219 Å². The van der Waals surface area contributed by atoms with E-state index in [1.807, 2.05) is 13.8 Å². The summed E-state index contributed by atoms with van der Waals surface area (Å²) in [6, 6.07) is 6.70. The molecule has 0 aromatic heterocycles. The summed E-state index contributed by atoms with van der Waals surface area (Å²) in [5, 5.41) is 14.6. The molecule has 0 saturated carbocycles. The molecule has 1 amide bonds. The van der Waals surface area contributed by atoms with E-state index in [-0.39, 0.29) is 6.61 Å². The lowest BCUT2D eigenvalue weighted by Crippen LogP contribution is -2.37. The normalized spacial score (nSPS) is 11.2. The van der Waals surface area contributed by atoms with Crippen LogP contribution in [0.2, 0.25) is 5.02 Å². The van der Waals surface area contributed by atoms with Gasteiger partial charge in [0.2, 0.25) is 0 Å². The molecule has 0 aliphatic heterocycles. The molecule has 0 aliphatic carbocycles. The maximum atomic E-state index is 12.3. The van der Waals surface area contributed by atoms with Crippen LogP contribution in [0.4, 0.5) is 0 Å². The van der Waals surface area contributed by atoms with Gasteiger partial charge in [-0.25, -0.2) is 0 Å². The van der Waals surface area contributed by atoms with E-state index >= 15 is 0 Å². The molecule has 0 heterocycles. The lowest BCUT2D eigenvalue weighted by Gasteiger charge is -2.15. The monoisotopic (exact) mass is 566 g/mol. The van der Waals surface area contributed by atoms with Crippen molar-refractivity contribution in [3.05, 3.63) is 56.1 Å². The minimum absolute atomic E-state index is 0.386. The second kappa shape index (κ2) is 14.0. The first-order chi connectivity index (χ1) is 16.7. The van der Waals surface area contributed by atoms with E-state index in [0.717, 1.165) is 36.8 Å². The molecule has 9 heteroatoms. The number of unbranched alkanes of at least 4 members (excludes halogenated alkanes) is 3. The minimum atomic E-state index is -1.54. The number of carbonyl (C=O) groups is 2. The molecule has 0 radical (unpaired) electrons. The van der Waals surface area contributed by atoms with Gasteiger partial charge in [0.25, 0.3) is 5.91 Å². The van der Waals surface area contributed by atoms with E-state index in [0.29, 0.717) is 38.9 Å². The fourth-order valence-corrected chi connectivity index (χ4v) is 3.99. The van der Waals surface area contributed by atoms with Crippen LogP contribution in [0.25, 0.3) is 6.08 Å². The first-order valence-electron chi connectivity index (χ1n) is 11.3. The van der Waals surface area contributed by atoms with Crippen molar-refractivity contribution >= 4 is 45.5 Å². The number of nitrogens with one attached hydrogen (secondary N) is 1. The van der Waals surface area contributed by atoms with Gasteiger partial charge in [-0.2, -0.15) is 0 Å². The molecule has 0 unspecified atom stereocenters. The maximum Gasteiger partial charge on any atom is 0.262 e. The smallest absolute Gasteiger partial charge is 0.262 e. The predicted molar refractivity (Wildman–Crippen MR) is 138 cm³/mol. The highest BCUT2D eigenvalue weighted by Crippen LogP contribution is 2.37. The summed E-state index contributed by atoms with van der Waals surface area (Å²) in [7, 11) is 1.50. The number of hydrogen-bond acceptors (Lipinski definition) is 6. The first-order valence-corrected chi connectivity index (χ1v) is 12.5. The van der Waals surface area contributed by atoms with Gasteiger partial charge in [0.05, 0.1) is 29.9 Å². The van der Waals surface area contributed by atoms with Gasteiger partial charge in [0.15, 0.2) is 18.1 Å². The molecule has 2 aromatic carbocycles. The number of aliphatic carboxylic acids is 1. The van der Waals surface area contributed by atoms with Gasteiger partial charge in [-0.15, -0.1) is 0 Å². The topological polar surface area (TPSA) is 96.9 Å². The van der Waals surface area contributed by atoms with Crippen LogP contribution in [-0.2, 0) is 9.59 Å². The number of amides is 1. The summed E-state index contributed by atoms with van der Waals surface area (Å²) in [5.74, 6) is -0.770. The van der Waals surface area contributed by atoms with Crippen molar-refractivity contribution in [3.8, 4) is 17.2 Å². The van der Waals surface area contributed by atoms with Gasteiger partial charge in [-0.3, -0.25) is 4.79 Å². The van der Waals surface area contributed by atoms with Crippen molar-refractivity contribution in [2.24, 2.45) is 0 Å². The van der Waals surface area contributed by atoms with E-state index in [1.54, 1.807) is 24.3 Å². The van der Waals surface area contributed by atoms with Gasteiger partial charge in [-0.05, 0) is 83.2 Å². The fourth-order valence-electron chi connectivity index (χ4n) is 3.30. The van der Waals surface area contributed by atoms with Crippen molar-refractivity contribution in [1.29, 1.82) is 0 Å². The molecule has 0 spiro atoms.